The van der Waals surface area contributed by atoms with Crippen LogP contribution >= 0.6 is 0 Å². The molecule has 1 unspecified atom stereocenters. The van der Waals surface area contributed by atoms with Gasteiger partial charge in [0.15, 0.2) is 0 Å². The highest BCUT2D eigenvalue weighted by molar-refractivity contribution is 6.06. The molecule has 2 heterocycles. The molecular weight excluding hydrogens is 354 g/mol. The summed E-state index contributed by atoms with van der Waals surface area (Å²) >= 11 is 0. The molecule has 2 amide bonds. The number of aromatic nitrogens is 2. The zero-order valence-electron chi connectivity index (χ0n) is 15.5. The molecule has 7 heteroatoms. The van der Waals surface area contributed by atoms with Gasteiger partial charge in [-0.25, -0.2) is 4.98 Å². The van der Waals surface area contributed by atoms with E-state index in [0.29, 0.717) is 23.4 Å². The highest BCUT2D eigenvalue weighted by atomic mass is 16.2. The van der Waals surface area contributed by atoms with Gasteiger partial charge in [-0.15, -0.1) is 0 Å². The average Bonchev–Trinajstić information content (AvgIpc) is 3.21. The van der Waals surface area contributed by atoms with E-state index in [-0.39, 0.29) is 17.9 Å². The number of piperidine rings is 1. The van der Waals surface area contributed by atoms with Crippen LogP contribution < -0.4 is 11.1 Å². The molecule has 4 N–H and O–H groups in total. The van der Waals surface area contributed by atoms with Crippen LogP contribution in [0.2, 0.25) is 0 Å². The molecule has 1 atom stereocenters. The molecule has 1 saturated heterocycles. The molecule has 0 bridgehead atoms. The molecule has 0 radical (unpaired) electrons. The van der Waals surface area contributed by atoms with E-state index in [1.165, 1.54) is 0 Å². The van der Waals surface area contributed by atoms with Crippen molar-refractivity contribution in [2.75, 3.05) is 18.4 Å². The molecule has 1 aliphatic rings. The van der Waals surface area contributed by atoms with Gasteiger partial charge in [0.05, 0.1) is 17.4 Å². The zero-order valence-corrected chi connectivity index (χ0v) is 15.5. The first-order chi connectivity index (χ1) is 13.7. The first-order valence-corrected chi connectivity index (χ1v) is 9.51. The molecule has 3 aromatic rings. The second-order valence-corrected chi connectivity index (χ2v) is 7.05. The molecule has 0 aliphatic carbocycles. The fraction of sp³-hybridized carbons (Fsp3) is 0.286. The van der Waals surface area contributed by atoms with E-state index in [1.807, 2.05) is 4.90 Å². The maximum Gasteiger partial charge on any atom is 0.255 e. The fourth-order valence-corrected chi connectivity index (χ4v) is 3.69. The number of fused-ring (bicyclic) bond motifs is 1. The number of amides is 2. The van der Waals surface area contributed by atoms with Crippen LogP contribution in [0.5, 0.6) is 0 Å². The Morgan fingerprint density at radius 1 is 1.18 bits per heavy atom. The number of rotatable bonds is 4. The quantitative estimate of drug-likeness (QED) is 0.650. The van der Waals surface area contributed by atoms with E-state index < -0.39 is 0 Å². The minimum absolute atomic E-state index is 0.0369. The summed E-state index contributed by atoms with van der Waals surface area (Å²) in [4.78, 5) is 34.6. The minimum atomic E-state index is -0.237. The number of nitrogens with two attached hydrogens (primary N) is 1. The Morgan fingerprint density at radius 3 is 2.93 bits per heavy atom. The summed E-state index contributed by atoms with van der Waals surface area (Å²) in [7, 11) is 0. The molecule has 2 aromatic carbocycles. The lowest BCUT2D eigenvalue weighted by atomic mass is 10.0. The predicted molar refractivity (Wildman–Crippen MR) is 108 cm³/mol. The molecule has 28 heavy (non-hydrogen) atoms. The lowest BCUT2D eigenvalue weighted by Gasteiger charge is -2.35. The SMILES string of the molecule is NCC1CCCCN1C(=O)c1cccc(NC(=O)c2ccc3nc[nH]c3c2)c1. The number of anilines is 1. The largest absolute Gasteiger partial charge is 0.345 e. The summed E-state index contributed by atoms with van der Waals surface area (Å²) in [6.45, 7) is 1.19. The molecule has 1 fully saturated rings. The van der Waals surface area contributed by atoms with Crippen molar-refractivity contribution < 1.29 is 9.59 Å². The summed E-state index contributed by atoms with van der Waals surface area (Å²) in [5.41, 5.74) is 9.11. The fourth-order valence-electron chi connectivity index (χ4n) is 3.69. The molecule has 7 nitrogen and oxygen atoms in total. The lowest BCUT2D eigenvalue weighted by Crippen LogP contribution is -2.47. The summed E-state index contributed by atoms with van der Waals surface area (Å²) in [5.74, 6) is -0.274. The van der Waals surface area contributed by atoms with Crippen molar-refractivity contribution in [3.05, 3.63) is 59.9 Å². The van der Waals surface area contributed by atoms with Crippen LogP contribution in [0.25, 0.3) is 11.0 Å². The van der Waals surface area contributed by atoms with Gasteiger partial charge in [-0.3, -0.25) is 9.59 Å². The van der Waals surface area contributed by atoms with Crippen molar-refractivity contribution in [3.8, 4) is 0 Å². The topological polar surface area (TPSA) is 104 Å². The molecular formula is C21H23N5O2. The highest BCUT2D eigenvalue weighted by Gasteiger charge is 2.26. The van der Waals surface area contributed by atoms with Crippen molar-refractivity contribution in [1.82, 2.24) is 14.9 Å². The van der Waals surface area contributed by atoms with Crippen molar-refractivity contribution in [2.24, 2.45) is 5.73 Å². The monoisotopic (exact) mass is 377 g/mol. The Bertz CT molecular complexity index is 1010. The van der Waals surface area contributed by atoms with E-state index in [9.17, 15) is 9.59 Å². The van der Waals surface area contributed by atoms with E-state index in [2.05, 4.69) is 15.3 Å². The van der Waals surface area contributed by atoms with Crippen molar-refractivity contribution in [2.45, 2.75) is 25.3 Å². The number of H-pyrrole nitrogens is 1. The second-order valence-electron chi connectivity index (χ2n) is 7.05. The van der Waals surface area contributed by atoms with Crippen molar-refractivity contribution in [3.63, 3.8) is 0 Å². The standard InChI is InChI=1S/C21H23N5O2/c22-12-17-6-1-2-9-26(17)21(28)15-4-3-5-16(10-15)25-20(27)14-7-8-18-19(11-14)24-13-23-18/h3-5,7-8,10-11,13,17H,1-2,6,9,12,22H2,(H,23,24)(H,25,27). The molecule has 0 spiro atoms. The van der Waals surface area contributed by atoms with Crippen LogP contribution in [-0.2, 0) is 0 Å². The van der Waals surface area contributed by atoms with Gasteiger partial charge in [-0.1, -0.05) is 6.07 Å². The summed E-state index contributed by atoms with van der Waals surface area (Å²) in [6, 6.07) is 12.4. The van der Waals surface area contributed by atoms with Crippen molar-refractivity contribution in [1.29, 1.82) is 0 Å². The maximum atomic E-state index is 12.9. The van der Waals surface area contributed by atoms with Crippen LogP contribution in [0.1, 0.15) is 40.0 Å². The normalized spacial score (nSPS) is 16.9. The number of imidazole rings is 1. The smallest absolute Gasteiger partial charge is 0.255 e. The number of carbonyl (C=O) groups is 2. The Balaban J connectivity index is 1.51. The van der Waals surface area contributed by atoms with Crippen LogP contribution in [-0.4, -0.2) is 45.8 Å². The molecule has 1 aliphatic heterocycles. The van der Waals surface area contributed by atoms with E-state index >= 15 is 0 Å². The number of aromatic amines is 1. The van der Waals surface area contributed by atoms with E-state index in [0.717, 1.165) is 36.8 Å². The molecule has 1 aromatic heterocycles. The third kappa shape index (κ3) is 3.61. The van der Waals surface area contributed by atoms with Crippen LogP contribution in [0.4, 0.5) is 5.69 Å². The highest BCUT2D eigenvalue weighted by Crippen LogP contribution is 2.21. The van der Waals surface area contributed by atoms with Gasteiger partial charge in [0.1, 0.15) is 0 Å². The van der Waals surface area contributed by atoms with Crippen LogP contribution in [0.3, 0.4) is 0 Å². The zero-order chi connectivity index (χ0) is 19.5. The van der Waals surface area contributed by atoms with Gasteiger partial charge in [-0.2, -0.15) is 0 Å². The number of hydrogen-bond donors (Lipinski definition) is 3. The third-order valence-electron chi connectivity index (χ3n) is 5.21. The summed E-state index contributed by atoms with van der Waals surface area (Å²) in [5, 5.41) is 2.87. The van der Waals surface area contributed by atoms with Crippen molar-refractivity contribution >= 4 is 28.5 Å². The van der Waals surface area contributed by atoms with E-state index in [4.69, 9.17) is 5.73 Å². The Kier molecular flexibility index (Phi) is 5.08. The first-order valence-electron chi connectivity index (χ1n) is 9.51. The van der Waals surface area contributed by atoms with Gasteiger partial charge in [0.25, 0.3) is 11.8 Å². The number of benzene rings is 2. The molecule has 4 rings (SSSR count). The first kappa shape index (κ1) is 18.2. The van der Waals surface area contributed by atoms with E-state index in [1.54, 1.807) is 48.8 Å². The van der Waals surface area contributed by atoms with Gasteiger partial charge in [0, 0.05) is 35.9 Å². The van der Waals surface area contributed by atoms with Gasteiger partial charge < -0.3 is 20.9 Å². The summed E-state index contributed by atoms with van der Waals surface area (Å²) < 4.78 is 0. The average molecular weight is 377 g/mol. The maximum absolute atomic E-state index is 12.9. The van der Waals surface area contributed by atoms with Crippen LogP contribution in [0.15, 0.2) is 48.8 Å². The summed E-state index contributed by atoms with van der Waals surface area (Å²) in [6.07, 6.45) is 4.63. The molecule has 0 saturated carbocycles. The van der Waals surface area contributed by atoms with Crippen LogP contribution in [0, 0.1) is 0 Å². The second kappa shape index (κ2) is 7.82. The van der Waals surface area contributed by atoms with Gasteiger partial charge in [-0.05, 0) is 55.7 Å². The number of nitrogens with zero attached hydrogens (tertiary/aromatic N) is 2. The van der Waals surface area contributed by atoms with Gasteiger partial charge >= 0.3 is 0 Å². The number of nitrogens with one attached hydrogen (secondary N) is 2. The lowest BCUT2D eigenvalue weighted by molar-refractivity contribution is 0.0623. The number of likely N-dealkylation sites (tertiary alicyclic amines) is 1. The number of carbonyl (C=O) groups excluding carboxylic acids is 2. The predicted octanol–water partition coefficient (Wildman–Crippen LogP) is 2.77. The molecule has 144 valence electrons. The third-order valence-corrected chi connectivity index (χ3v) is 5.21. The van der Waals surface area contributed by atoms with Gasteiger partial charge in [0.2, 0.25) is 0 Å². The Labute approximate surface area is 162 Å². The number of hydrogen-bond acceptors (Lipinski definition) is 4. The minimum Gasteiger partial charge on any atom is -0.345 e. The Hall–Kier alpha value is -3.19. The Morgan fingerprint density at radius 2 is 2.07 bits per heavy atom.